The Morgan fingerprint density at radius 2 is 1.89 bits per heavy atom. The highest BCUT2D eigenvalue weighted by Gasteiger charge is 2.29. The fourth-order valence-corrected chi connectivity index (χ4v) is 3.05. The standard InChI is InChI=1S/C18H28N2O6S/c1-10(2)12(20-17(23)26-18(4,5)6)8-14(25-11(3)21)15-19-13(9-27-15)16(22)24-7/h9-10,12,14H,8H2,1-7H3,(H,20,23). The number of esters is 2. The zero-order valence-corrected chi connectivity index (χ0v) is 17.6. The topological polar surface area (TPSA) is 104 Å². The van der Waals surface area contributed by atoms with E-state index < -0.39 is 29.7 Å². The predicted octanol–water partition coefficient (Wildman–Crippen LogP) is 3.47. The van der Waals surface area contributed by atoms with Crippen LogP contribution in [0.2, 0.25) is 0 Å². The third-order valence-electron chi connectivity index (χ3n) is 3.48. The molecule has 1 amide bonds. The zero-order valence-electron chi connectivity index (χ0n) is 16.8. The molecule has 2 atom stereocenters. The number of alkyl carbamates (subject to hydrolysis) is 1. The van der Waals surface area contributed by atoms with Crippen molar-refractivity contribution >= 4 is 29.4 Å². The minimum absolute atomic E-state index is 0.0515. The van der Waals surface area contributed by atoms with Crippen LogP contribution in [-0.2, 0) is 19.0 Å². The van der Waals surface area contributed by atoms with Crippen LogP contribution in [-0.4, -0.2) is 41.8 Å². The number of nitrogens with one attached hydrogen (secondary N) is 1. The van der Waals surface area contributed by atoms with Crippen molar-refractivity contribution in [3.8, 4) is 0 Å². The molecular formula is C18H28N2O6S. The molecule has 8 nitrogen and oxygen atoms in total. The molecule has 0 aliphatic rings. The fourth-order valence-electron chi connectivity index (χ4n) is 2.22. The van der Waals surface area contributed by atoms with Gasteiger partial charge in [-0.3, -0.25) is 4.79 Å². The number of hydrogen-bond acceptors (Lipinski definition) is 8. The maximum Gasteiger partial charge on any atom is 0.407 e. The van der Waals surface area contributed by atoms with Gasteiger partial charge in [-0.25, -0.2) is 14.6 Å². The molecule has 1 rings (SSSR count). The van der Waals surface area contributed by atoms with Crippen molar-refractivity contribution in [3.63, 3.8) is 0 Å². The second-order valence-corrected chi connectivity index (χ2v) is 8.28. The molecule has 152 valence electrons. The number of aromatic nitrogens is 1. The van der Waals surface area contributed by atoms with Gasteiger partial charge >= 0.3 is 18.0 Å². The highest BCUT2D eigenvalue weighted by Crippen LogP contribution is 2.28. The minimum atomic E-state index is -0.701. The van der Waals surface area contributed by atoms with Crippen molar-refractivity contribution in [2.75, 3.05) is 7.11 Å². The molecule has 0 spiro atoms. The van der Waals surface area contributed by atoms with E-state index in [0.29, 0.717) is 11.4 Å². The fraction of sp³-hybridized carbons (Fsp3) is 0.667. The molecule has 1 N–H and O–H groups in total. The average Bonchev–Trinajstić information content (AvgIpc) is 3.00. The Morgan fingerprint density at radius 3 is 2.37 bits per heavy atom. The third kappa shape index (κ3) is 7.94. The molecule has 0 saturated carbocycles. The second kappa shape index (κ2) is 9.68. The Morgan fingerprint density at radius 1 is 1.26 bits per heavy atom. The van der Waals surface area contributed by atoms with Crippen LogP contribution < -0.4 is 5.32 Å². The van der Waals surface area contributed by atoms with Crippen LogP contribution in [0.4, 0.5) is 4.79 Å². The van der Waals surface area contributed by atoms with Crippen molar-refractivity contribution < 1.29 is 28.6 Å². The molecule has 1 aromatic rings. The Labute approximate surface area is 163 Å². The monoisotopic (exact) mass is 400 g/mol. The summed E-state index contributed by atoms with van der Waals surface area (Å²) in [6.45, 7) is 10.5. The van der Waals surface area contributed by atoms with E-state index in [9.17, 15) is 14.4 Å². The van der Waals surface area contributed by atoms with Gasteiger partial charge in [-0.15, -0.1) is 11.3 Å². The van der Waals surface area contributed by atoms with Crippen LogP contribution in [0.25, 0.3) is 0 Å². The van der Waals surface area contributed by atoms with Crippen molar-refractivity contribution in [3.05, 3.63) is 16.1 Å². The van der Waals surface area contributed by atoms with Gasteiger partial charge in [0.15, 0.2) is 11.8 Å². The van der Waals surface area contributed by atoms with Crippen molar-refractivity contribution in [2.24, 2.45) is 5.92 Å². The first-order valence-electron chi connectivity index (χ1n) is 8.63. The Kier molecular flexibility index (Phi) is 8.20. The van der Waals surface area contributed by atoms with Crippen LogP contribution in [0.1, 0.15) is 69.6 Å². The van der Waals surface area contributed by atoms with E-state index in [-0.39, 0.29) is 17.7 Å². The summed E-state index contributed by atoms with van der Waals surface area (Å²) in [5.41, 5.74) is -0.470. The smallest absolute Gasteiger partial charge is 0.407 e. The average molecular weight is 400 g/mol. The van der Waals surface area contributed by atoms with E-state index >= 15 is 0 Å². The van der Waals surface area contributed by atoms with Gasteiger partial charge in [0, 0.05) is 24.8 Å². The quantitative estimate of drug-likeness (QED) is 0.552. The lowest BCUT2D eigenvalue weighted by atomic mass is 9.98. The lowest BCUT2D eigenvalue weighted by Gasteiger charge is -2.28. The Balaban J connectivity index is 2.97. The van der Waals surface area contributed by atoms with Crippen LogP contribution in [0.3, 0.4) is 0 Å². The van der Waals surface area contributed by atoms with Crippen molar-refractivity contribution in [1.82, 2.24) is 10.3 Å². The number of methoxy groups -OCH3 is 1. The first-order valence-corrected chi connectivity index (χ1v) is 9.51. The van der Waals surface area contributed by atoms with Gasteiger partial charge in [-0.05, 0) is 26.7 Å². The Hall–Kier alpha value is -2.16. The number of thiazole rings is 1. The van der Waals surface area contributed by atoms with Crippen molar-refractivity contribution in [2.45, 2.75) is 65.7 Å². The van der Waals surface area contributed by atoms with Gasteiger partial charge in [-0.1, -0.05) is 13.8 Å². The molecule has 0 radical (unpaired) electrons. The van der Waals surface area contributed by atoms with E-state index in [1.54, 1.807) is 26.2 Å². The van der Waals surface area contributed by atoms with Crippen molar-refractivity contribution in [1.29, 1.82) is 0 Å². The maximum absolute atomic E-state index is 12.1. The van der Waals surface area contributed by atoms with E-state index in [1.807, 2.05) is 13.8 Å². The molecular weight excluding hydrogens is 372 g/mol. The van der Waals surface area contributed by atoms with Gasteiger partial charge in [0.1, 0.15) is 10.6 Å². The van der Waals surface area contributed by atoms with E-state index in [0.717, 1.165) is 0 Å². The normalized spacial score (nSPS) is 13.6. The van der Waals surface area contributed by atoms with Gasteiger partial charge in [0.25, 0.3) is 0 Å². The van der Waals surface area contributed by atoms with Gasteiger partial charge in [0.2, 0.25) is 0 Å². The molecule has 0 saturated heterocycles. The van der Waals surface area contributed by atoms with Crippen LogP contribution >= 0.6 is 11.3 Å². The highest BCUT2D eigenvalue weighted by atomic mass is 32.1. The molecule has 1 aromatic heterocycles. The highest BCUT2D eigenvalue weighted by molar-refractivity contribution is 7.09. The van der Waals surface area contributed by atoms with Crippen LogP contribution in [0, 0.1) is 5.92 Å². The predicted molar refractivity (Wildman–Crippen MR) is 101 cm³/mol. The Bertz CT molecular complexity index is 665. The summed E-state index contributed by atoms with van der Waals surface area (Å²) in [6.07, 6.45) is -0.949. The number of carbonyl (C=O) groups is 3. The van der Waals surface area contributed by atoms with E-state index in [2.05, 4.69) is 15.0 Å². The van der Waals surface area contributed by atoms with Gasteiger partial charge in [-0.2, -0.15) is 0 Å². The van der Waals surface area contributed by atoms with Gasteiger partial charge < -0.3 is 19.5 Å². The lowest BCUT2D eigenvalue weighted by molar-refractivity contribution is -0.147. The summed E-state index contributed by atoms with van der Waals surface area (Å²) in [7, 11) is 1.27. The molecule has 27 heavy (non-hydrogen) atoms. The number of amides is 1. The summed E-state index contributed by atoms with van der Waals surface area (Å²) >= 11 is 1.19. The molecule has 9 heteroatoms. The number of carbonyl (C=O) groups excluding carboxylic acids is 3. The second-order valence-electron chi connectivity index (χ2n) is 7.39. The summed E-state index contributed by atoms with van der Waals surface area (Å²) in [5, 5.41) is 4.83. The number of rotatable bonds is 7. The summed E-state index contributed by atoms with van der Waals surface area (Å²) in [4.78, 5) is 39.5. The summed E-state index contributed by atoms with van der Waals surface area (Å²) in [6, 6.07) is -0.324. The zero-order chi connectivity index (χ0) is 20.8. The molecule has 0 bridgehead atoms. The molecule has 0 fully saturated rings. The number of nitrogens with zero attached hydrogens (tertiary/aromatic N) is 1. The maximum atomic E-state index is 12.1. The lowest BCUT2D eigenvalue weighted by Crippen LogP contribution is -2.42. The summed E-state index contributed by atoms with van der Waals surface area (Å²) < 4.78 is 15.3. The number of ether oxygens (including phenoxy) is 3. The SMILES string of the molecule is COC(=O)c1csc(C(CC(NC(=O)OC(C)(C)C)C(C)C)OC(C)=O)n1. The largest absolute Gasteiger partial charge is 0.464 e. The van der Waals surface area contributed by atoms with Gasteiger partial charge in [0.05, 0.1) is 7.11 Å². The van der Waals surface area contributed by atoms with Crippen LogP contribution in [0.15, 0.2) is 5.38 Å². The third-order valence-corrected chi connectivity index (χ3v) is 4.41. The number of hydrogen-bond donors (Lipinski definition) is 1. The summed E-state index contributed by atoms with van der Waals surface area (Å²) in [5.74, 6) is -0.989. The minimum Gasteiger partial charge on any atom is -0.464 e. The molecule has 1 heterocycles. The first kappa shape index (κ1) is 22.9. The molecule has 0 aromatic carbocycles. The molecule has 0 aliphatic heterocycles. The van der Waals surface area contributed by atoms with E-state index in [4.69, 9.17) is 9.47 Å². The van der Waals surface area contributed by atoms with Crippen LogP contribution in [0.5, 0.6) is 0 Å². The molecule has 2 unspecified atom stereocenters. The first-order chi connectivity index (χ1) is 12.4. The van der Waals surface area contributed by atoms with E-state index in [1.165, 1.54) is 25.4 Å². The molecule has 0 aliphatic carbocycles.